The van der Waals surface area contributed by atoms with E-state index >= 15 is 0 Å². The van der Waals surface area contributed by atoms with Gasteiger partial charge >= 0.3 is 11.9 Å². The molecule has 1 aliphatic rings. The minimum Gasteiger partial charge on any atom is -0.478 e. The van der Waals surface area contributed by atoms with Crippen LogP contribution in [0.25, 0.3) is 0 Å². The molecule has 1 aliphatic heterocycles. The van der Waals surface area contributed by atoms with E-state index in [1.54, 1.807) is 45.0 Å². The third-order valence-corrected chi connectivity index (χ3v) is 4.22. The number of aliphatic carboxylic acids is 2. The molecule has 4 N–H and O–H groups in total. The number of aliphatic hydroxyl groups is 1. The van der Waals surface area contributed by atoms with Crippen molar-refractivity contribution in [3.8, 4) is 11.8 Å². The first-order valence-corrected chi connectivity index (χ1v) is 8.14. The van der Waals surface area contributed by atoms with Gasteiger partial charge in [0.1, 0.15) is 0 Å². The molecule has 1 aromatic rings. The van der Waals surface area contributed by atoms with Crippen LogP contribution in [0.15, 0.2) is 46.8 Å². The van der Waals surface area contributed by atoms with Crippen molar-refractivity contribution in [1.29, 1.82) is 0 Å². The van der Waals surface area contributed by atoms with Gasteiger partial charge in [0.15, 0.2) is 0 Å². The number of allylic oxidation sites excluding steroid dienone is 2. The molecule has 0 aliphatic carbocycles. The van der Waals surface area contributed by atoms with Crippen LogP contribution in [0, 0.1) is 17.8 Å². The molecular weight excluding hydrogens is 334 g/mol. The number of benzene rings is 1. The smallest absolute Gasteiger partial charge is 0.334 e. The van der Waals surface area contributed by atoms with E-state index in [2.05, 4.69) is 17.2 Å². The minimum absolute atomic E-state index is 0.0162. The van der Waals surface area contributed by atoms with Gasteiger partial charge in [0.2, 0.25) is 0 Å². The molecule has 0 saturated carbocycles. The molecule has 1 heterocycles. The number of dihydropyridines is 1. The predicted molar refractivity (Wildman–Crippen MR) is 96.1 cm³/mol. The van der Waals surface area contributed by atoms with Gasteiger partial charge in [-0.1, -0.05) is 30.0 Å². The number of aliphatic hydroxyl groups excluding tert-OH is 1. The molecule has 0 bridgehead atoms. The van der Waals surface area contributed by atoms with Crippen LogP contribution in [-0.2, 0) is 9.59 Å². The van der Waals surface area contributed by atoms with Crippen molar-refractivity contribution in [3.05, 3.63) is 57.9 Å². The summed E-state index contributed by atoms with van der Waals surface area (Å²) in [5, 5.41) is 31.4. The topological polar surface area (TPSA) is 107 Å². The van der Waals surface area contributed by atoms with Gasteiger partial charge in [0, 0.05) is 22.9 Å². The van der Waals surface area contributed by atoms with Gasteiger partial charge in [-0.3, -0.25) is 0 Å². The van der Waals surface area contributed by atoms with Crippen LogP contribution in [0.2, 0.25) is 0 Å². The lowest BCUT2D eigenvalue weighted by Gasteiger charge is -2.29. The first-order valence-electron chi connectivity index (χ1n) is 8.14. The van der Waals surface area contributed by atoms with E-state index in [0.717, 1.165) is 0 Å². The summed E-state index contributed by atoms with van der Waals surface area (Å²) in [4.78, 5) is 23.7. The maximum absolute atomic E-state index is 11.9. The standard InChI is InChI=1S/C20H21NO5/c1-11(10-22)8-9-14-6-4-5-7-15(14)18-16(19(23)24)12(2)21-13(3)17(18)20(25)26/h4-7,11,18,21-22H,10H2,1-3H3,(H,23,24)(H,25,26). The molecule has 0 aromatic heterocycles. The third-order valence-electron chi connectivity index (χ3n) is 4.22. The van der Waals surface area contributed by atoms with Crippen LogP contribution in [0.1, 0.15) is 37.8 Å². The summed E-state index contributed by atoms with van der Waals surface area (Å²) >= 11 is 0. The third kappa shape index (κ3) is 3.79. The van der Waals surface area contributed by atoms with Crippen LogP contribution < -0.4 is 5.32 Å². The van der Waals surface area contributed by atoms with Gasteiger partial charge in [-0.05, 0) is 32.4 Å². The van der Waals surface area contributed by atoms with E-state index in [0.29, 0.717) is 22.5 Å². The van der Waals surface area contributed by atoms with Crippen molar-refractivity contribution in [2.45, 2.75) is 26.7 Å². The fourth-order valence-electron chi connectivity index (χ4n) is 2.98. The molecule has 1 unspecified atom stereocenters. The first-order chi connectivity index (χ1) is 12.3. The van der Waals surface area contributed by atoms with E-state index in [9.17, 15) is 19.8 Å². The highest BCUT2D eigenvalue weighted by molar-refractivity contribution is 5.98. The average molecular weight is 355 g/mol. The molecule has 2 rings (SSSR count). The number of carbonyl (C=O) groups is 2. The van der Waals surface area contributed by atoms with Crippen LogP contribution in [0.5, 0.6) is 0 Å². The van der Waals surface area contributed by atoms with Gasteiger partial charge in [-0.15, -0.1) is 0 Å². The summed E-state index contributed by atoms with van der Waals surface area (Å²) in [6, 6.07) is 6.89. The molecule has 26 heavy (non-hydrogen) atoms. The normalized spacial score (nSPS) is 15.8. The number of hydrogen-bond acceptors (Lipinski definition) is 4. The minimum atomic E-state index is -1.18. The van der Waals surface area contributed by atoms with Crippen molar-refractivity contribution in [3.63, 3.8) is 0 Å². The average Bonchev–Trinajstić information content (AvgIpc) is 2.58. The first kappa shape index (κ1) is 19.3. The van der Waals surface area contributed by atoms with Crippen LogP contribution in [0.4, 0.5) is 0 Å². The maximum Gasteiger partial charge on any atom is 0.334 e. The second-order valence-electron chi connectivity index (χ2n) is 6.19. The Bertz CT molecular complexity index is 834. The number of nitrogens with one attached hydrogen (secondary N) is 1. The molecule has 0 radical (unpaired) electrons. The summed E-state index contributed by atoms with van der Waals surface area (Å²) in [7, 11) is 0. The van der Waals surface area contributed by atoms with E-state index < -0.39 is 17.9 Å². The largest absolute Gasteiger partial charge is 0.478 e. The van der Waals surface area contributed by atoms with Crippen LogP contribution in [-0.4, -0.2) is 33.9 Å². The van der Waals surface area contributed by atoms with E-state index in [4.69, 9.17) is 5.11 Å². The van der Waals surface area contributed by atoms with Crippen molar-refractivity contribution >= 4 is 11.9 Å². The SMILES string of the molecule is CC1=C(C(=O)O)C(c2ccccc2C#CC(C)CO)C(C(=O)O)=C(C)N1. The fourth-order valence-corrected chi connectivity index (χ4v) is 2.98. The Labute approximate surface area is 151 Å². The van der Waals surface area contributed by atoms with Crippen molar-refractivity contribution in [2.24, 2.45) is 5.92 Å². The maximum atomic E-state index is 11.9. The highest BCUT2D eigenvalue weighted by atomic mass is 16.4. The summed E-state index contributed by atoms with van der Waals surface area (Å²) in [5.74, 6) is 2.29. The highest BCUT2D eigenvalue weighted by Crippen LogP contribution is 2.39. The fraction of sp³-hybridized carbons (Fsp3) is 0.300. The zero-order valence-electron chi connectivity index (χ0n) is 14.8. The van der Waals surface area contributed by atoms with Gasteiger partial charge in [-0.25, -0.2) is 9.59 Å². The Balaban J connectivity index is 2.72. The lowest BCUT2D eigenvalue weighted by Crippen LogP contribution is -2.31. The zero-order chi connectivity index (χ0) is 19.4. The monoisotopic (exact) mass is 355 g/mol. The van der Waals surface area contributed by atoms with Crippen molar-refractivity contribution in [2.75, 3.05) is 6.61 Å². The molecule has 0 saturated heterocycles. The van der Waals surface area contributed by atoms with E-state index in [1.807, 2.05) is 0 Å². The zero-order valence-corrected chi connectivity index (χ0v) is 14.8. The van der Waals surface area contributed by atoms with E-state index in [1.165, 1.54) is 0 Å². The van der Waals surface area contributed by atoms with E-state index in [-0.39, 0.29) is 23.7 Å². The molecule has 1 atom stereocenters. The number of hydrogen-bond donors (Lipinski definition) is 4. The van der Waals surface area contributed by atoms with Gasteiger partial charge in [0.05, 0.1) is 23.7 Å². The Morgan fingerprint density at radius 2 is 1.65 bits per heavy atom. The van der Waals surface area contributed by atoms with Crippen molar-refractivity contribution in [1.82, 2.24) is 5.32 Å². The number of rotatable bonds is 4. The Morgan fingerprint density at radius 1 is 1.12 bits per heavy atom. The Morgan fingerprint density at radius 3 is 2.15 bits per heavy atom. The lowest BCUT2D eigenvalue weighted by molar-refractivity contribution is -0.133. The summed E-state index contributed by atoms with van der Waals surface area (Å²) in [6.45, 7) is 4.89. The van der Waals surface area contributed by atoms with Gasteiger partial charge in [0.25, 0.3) is 0 Å². The molecule has 1 aromatic carbocycles. The predicted octanol–water partition coefficient (Wildman–Crippen LogP) is 2.07. The molecule has 6 nitrogen and oxygen atoms in total. The molecule has 0 amide bonds. The number of carboxylic acids is 2. The van der Waals surface area contributed by atoms with Crippen molar-refractivity contribution < 1.29 is 24.9 Å². The van der Waals surface area contributed by atoms with Gasteiger partial charge < -0.3 is 20.6 Å². The molecule has 0 fully saturated rings. The second-order valence-corrected chi connectivity index (χ2v) is 6.19. The van der Waals surface area contributed by atoms with Crippen LogP contribution in [0.3, 0.4) is 0 Å². The summed E-state index contributed by atoms with van der Waals surface area (Å²) < 4.78 is 0. The van der Waals surface area contributed by atoms with Crippen LogP contribution >= 0.6 is 0 Å². The molecule has 136 valence electrons. The summed E-state index contributed by atoms with van der Waals surface area (Å²) in [6.07, 6.45) is 0. The molecular formula is C20H21NO5. The molecule has 0 spiro atoms. The lowest BCUT2D eigenvalue weighted by atomic mass is 9.78. The Hall–Kier alpha value is -3.04. The summed E-state index contributed by atoms with van der Waals surface area (Å²) in [5.41, 5.74) is 1.82. The number of carboxylic acid groups (broad SMARTS) is 2. The highest BCUT2D eigenvalue weighted by Gasteiger charge is 2.37. The molecule has 6 heteroatoms. The second kappa shape index (κ2) is 7.89. The van der Waals surface area contributed by atoms with Gasteiger partial charge in [-0.2, -0.15) is 0 Å². The quantitative estimate of drug-likeness (QED) is 0.616. The Kier molecular flexibility index (Phi) is 5.86.